The maximum Gasteiger partial charge on any atom is 0.0540 e. The molecular formula is C44H36N2. The Balaban J connectivity index is 1.42. The fraction of sp³-hybridized carbons (Fsp3) is 0.0909. The summed E-state index contributed by atoms with van der Waals surface area (Å²) in [4.78, 5) is 2.44. The van der Waals surface area contributed by atoms with Crippen molar-refractivity contribution in [3.05, 3.63) is 164 Å². The van der Waals surface area contributed by atoms with E-state index in [4.69, 9.17) is 0 Å². The van der Waals surface area contributed by atoms with Crippen molar-refractivity contribution in [2.24, 2.45) is 0 Å². The Morgan fingerprint density at radius 2 is 1.02 bits per heavy atom. The average molecular weight is 593 g/mol. The predicted octanol–water partition coefficient (Wildman–Crippen LogP) is 12.5. The van der Waals surface area contributed by atoms with Gasteiger partial charge in [-0.2, -0.15) is 0 Å². The SMILES string of the molecule is CC(C)(C)n1c2ccccc2c2ccc(N(c3ccc4cccc(-c5ccccc5)c4c3)c3ccccc3-c3ccccc3)cc21. The van der Waals surface area contributed by atoms with Gasteiger partial charge in [0.15, 0.2) is 0 Å². The quantitative estimate of drug-likeness (QED) is 0.193. The zero-order valence-corrected chi connectivity index (χ0v) is 26.5. The molecule has 8 rings (SSSR count). The molecule has 46 heavy (non-hydrogen) atoms. The van der Waals surface area contributed by atoms with Crippen molar-refractivity contribution in [2.45, 2.75) is 26.3 Å². The van der Waals surface area contributed by atoms with Crippen molar-refractivity contribution in [3.8, 4) is 22.3 Å². The minimum Gasteiger partial charge on any atom is -0.335 e. The molecule has 222 valence electrons. The number of para-hydroxylation sites is 2. The van der Waals surface area contributed by atoms with E-state index in [0.717, 1.165) is 17.1 Å². The second-order valence-corrected chi connectivity index (χ2v) is 13.0. The van der Waals surface area contributed by atoms with Crippen LogP contribution in [0.5, 0.6) is 0 Å². The second-order valence-electron chi connectivity index (χ2n) is 13.0. The van der Waals surface area contributed by atoms with Crippen LogP contribution >= 0.6 is 0 Å². The summed E-state index contributed by atoms with van der Waals surface area (Å²) in [5, 5.41) is 5.02. The van der Waals surface area contributed by atoms with Gasteiger partial charge in [0.25, 0.3) is 0 Å². The molecule has 0 aliphatic carbocycles. The number of fused-ring (bicyclic) bond motifs is 4. The summed E-state index contributed by atoms with van der Waals surface area (Å²) >= 11 is 0. The zero-order chi connectivity index (χ0) is 31.3. The highest BCUT2D eigenvalue weighted by molar-refractivity contribution is 6.10. The Bertz CT molecular complexity index is 2340. The number of aromatic nitrogens is 1. The van der Waals surface area contributed by atoms with Gasteiger partial charge in [0.05, 0.1) is 11.2 Å². The average Bonchev–Trinajstić information content (AvgIpc) is 3.43. The monoisotopic (exact) mass is 592 g/mol. The lowest BCUT2D eigenvalue weighted by Gasteiger charge is -2.29. The smallest absolute Gasteiger partial charge is 0.0540 e. The molecule has 0 bridgehead atoms. The van der Waals surface area contributed by atoms with E-state index in [1.54, 1.807) is 0 Å². The third-order valence-corrected chi connectivity index (χ3v) is 9.02. The van der Waals surface area contributed by atoms with Gasteiger partial charge in [-0.15, -0.1) is 0 Å². The Labute approximate surface area is 270 Å². The molecule has 1 aromatic heterocycles. The van der Waals surface area contributed by atoms with E-state index in [9.17, 15) is 0 Å². The maximum absolute atomic E-state index is 2.50. The Morgan fingerprint density at radius 3 is 1.78 bits per heavy atom. The topological polar surface area (TPSA) is 8.17 Å². The van der Waals surface area contributed by atoms with Gasteiger partial charge in [-0.05, 0) is 84.6 Å². The van der Waals surface area contributed by atoms with E-state index in [-0.39, 0.29) is 5.54 Å². The van der Waals surface area contributed by atoms with Crippen LogP contribution in [0, 0.1) is 0 Å². The lowest BCUT2D eigenvalue weighted by atomic mass is 9.97. The lowest BCUT2D eigenvalue weighted by Crippen LogP contribution is -2.21. The first-order valence-corrected chi connectivity index (χ1v) is 16.0. The van der Waals surface area contributed by atoms with E-state index in [0.29, 0.717) is 0 Å². The van der Waals surface area contributed by atoms with Crippen LogP contribution in [0.15, 0.2) is 164 Å². The molecule has 0 amide bonds. The third-order valence-electron chi connectivity index (χ3n) is 9.02. The molecule has 0 fully saturated rings. The van der Waals surface area contributed by atoms with E-state index >= 15 is 0 Å². The van der Waals surface area contributed by atoms with Crippen LogP contribution in [0.4, 0.5) is 17.1 Å². The van der Waals surface area contributed by atoms with Crippen LogP contribution in [-0.4, -0.2) is 4.57 Å². The van der Waals surface area contributed by atoms with Gasteiger partial charge in [0.1, 0.15) is 0 Å². The Kier molecular flexibility index (Phi) is 6.73. The molecule has 0 aliphatic heterocycles. The third kappa shape index (κ3) is 4.74. The molecule has 0 spiro atoms. The van der Waals surface area contributed by atoms with Crippen molar-refractivity contribution in [3.63, 3.8) is 0 Å². The first-order valence-electron chi connectivity index (χ1n) is 16.0. The van der Waals surface area contributed by atoms with E-state index in [1.807, 2.05) is 0 Å². The second kappa shape index (κ2) is 11.1. The number of rotatable bonds is 5. The molecule has 1 heterocycles. The Hall–Kier alpha value is -5.60. The summed E-state index contributed by atoms with van der Waals surface area (Å²) in [6.07, 6.45) is 0. The number of hydrogen-bond donors (Lipinski definition) is 0. The summed E-state index contributed by atoms with van der Waals surface area (Å²) in [5.41, 5.74) is 10.6. The van der Waals surface area contributed by atoms with Crippen LogP contribution in [0.25, 0.3) is 54.8 Å². The molecule has 0 atom stereocenters. The maximum atomic E-state index is 2.50. The summed E-state index contributed by atoms with van der Waals surface area (Å²) < 4.78 is 2.50. The molecule has 8 aromatic rings. The van der Waals surface area contributed by atoms with E-state index < -0.39 is 0 Å². The van der Waals surface area contributed by atoms with E-state index in [2.05, 4.69) is 194 Å². The highest BCUT2D eigenvalue weighted by Crippen LogP contribution is 2.44. The minimum absolute atomic E-state index is 0.0969. The van der Waals surface area contributed by atoms with Crippen LogP contribution in [0.1, 0.15) is 20.8 Å². The molecule has 0 aliphatic rings. The highest BCUT2D eigenvalue weighted by Gasteiger charge is 2.23. The molecule has 0 saturated heterocycles. The minimum atomic E-state index is -0.0969. The molecule has 2 nitrogen and oxygen atoms in total. The van der Waals surface area contributed by atoms with Gasteiger partial charge in [-0.3, -0.25) is 0 Å². The van der Waals surface area contributed by atoms with Gasteiger partial charge in [0.2, 0.25) is 0 Å². The predicted molar refractivity (Wildman–Crippen MR) is 198 cm³/mol. The van der Waals surface area contributed by atoms with Gasteiger partial charge < -0.3 is 9.47 Å². The summed E-state index contributed by atoms with van der Waals surface area (Å²) in [6.45, 7) is 6.88. The zero-order valence-electron chi connectivity index (χ0n) is 26.5. The fourth-order valence-electron chi connectivity index (χ4n) is 7.05. The van der Waals surface area contributed by atoms with Crippen molar-refractivity contribution in [1.29, 1.82) is 0 Å². The summed E-state index contributed by atoms with van der Waals surface area (Å²) in [5.74, 6) is 0. The molecular weight excluding hydrogens is 556 g/mol. The lowest BCUT2D eigenvalue weighted by molar-refractivity contribution is 0.423. The summed E-state index contributed by atoms with van der Waals surface area (Å²) in [7, 11) is 0. The summed E-state index contributed by atoms with van der Waals surface area (Å²) in [6, 6.07) is 59.5. The molecule has 7 aromatic carbocycles. The molecule has 0 radical (unpaired) electrons. The van der Waals surface area contributed by atoms with Crippen molar-refractivity contribution in [1.82, 2.24) is 4.57 Å². The van der Waals surface area contributed by atoms with Crippen LogP contribution in [-0.2, 0) is 5.54 Å². The van der Waals surface area contributed by atoms with Gasteiger partial charge in [-0.1, -0.05) is 127 Å². The molecule has 2 heteroatoms. The molecule has 0 saturated carbocycles. The first-order chi connectivity index (χ1) is 22.5. The van der Waals surface area contributed by atoms with Crippen molar-refractivity contribution in [2.75, 3.05) is 4.90 Å². The van der Waals surface area contributed by atoms with E-state index in [1.165, 1.54) is 54.8 Å². The van der Waals surface area contributed by atoms with Crippen molar-refractivity contribution < 1.29 is 0 Å². The highest BCUT2D eigenvalue weighted by atomic mass is 15.1. The number of nitrogens with zero attached hydrogens (tertiary/aromatic N) is 2. The van der Waals surface area contributed by atoms with Crippen molar-refractivity contribution >= 4 is 49.6 Å². The first kappa shape index (κ1) is 27.9. The standard InChI is InChI=1S/C44H36N2/c1-44(2,3)46-42-24-13-11-21-38(42)39-28-27-35(30-43(39)46)45(41-23-12-10-20-37(41)32-17-8-5-9-18-32)34-26-25-33-19-14-22-36(40(33)29-34)31-15-6-4-7-16-31/h4-30H,1-3H3. The Morgan fingerprint density at radius 1 is 0.435 bits per heavy atom. The number of hydrogen-bond acceptors (Lipinski definition) is 1. The van der Waals surface area contributed by atoms with Gasteiger partial charge in [0, 0.05) is 38.8 Å². The molecule has 0 N–H and O–H groups in total. The van der Waals surface area contributed by atoms with Crippen LogP contribution in [0.3, 0.4) is 0 Å². The number of anilines is 3. The normalized spacial score (nSPS) is 11.8. The van der Waals surface area contributed by atoms with Gasteiger partial charge >= 0.3 is 0 Å². The largest absolute Gasteiger partial charge is 0.335 e. The van der Waals surface area contributed by atoms with Crippen LogP contribution in [0.2, 0.25) is 0 Å². The fourth-order valence-corrected chi connectivity index (χ4v) is 7.05. The van der Waals surface area contributed by atoms with Gasteiger partial charge in [-0.25, -0.2) is 0 Å². The van der Waals surface area contributed by atoms with Crippen LogP contribution < -0.4 is 4.90 Å². The number of benzene rings is 7. The molecule has 0 unspecified atom stereocenters.